The van der Waals surface area contributed by atoms with Crippen LogP contribution in [0.5, 0.6) is 5.75 Å². The Morgan fingerprint density at radius 2 is 2.20 bits per heavy atom. The molecule has 1 saturated heterocycles. The Morgan fingerprint density at radius 3 is 2.95 bits per heavy atom. The first-order valence-electron chi connectivity index (χ1n) is 7.25. The molecule has 4 heteroatoms. The summed E-state index contributed by atoms with van der Waals surface area (Å²) < 4.78 is 5.81. The van der Waals surface area contributed by atoms with Gasteiger partial charge in [0.05, 0.1) is 0 Å². The van der Waals surface area contributed by atoms with Crippen molar-refractivity contribution in [3.8, 4) is 5.75 Å². The lowest BCUT2D eigenvalue weighted by molar-refractivity contribution is -0.144. The molecule has 1 aliphatic heterocycles. The molecule has 0 aliphatic carbocycles. The van der Waals surface area contributed by atoms with Crippen LogP contribution in [-0.2, 0) is 4.79 Å². The molecule has 1 aliphatic rings. The predicted molar refractivity (Wildman–Crippen MR) is 78.3 cm³/mol. The van der Waals surface area contributed by atoms with Crippen LogP contribution >= 0.6 is 0 Å². The molecule has 4 nitrogen and oxygen atoms in total. The van der Waals surface area contributed by atoms with Crippen LogP contribution < -0.4 is 4.74 Å². The van der Waals surface area contributed by atoms with E-state index in [1.807, 2.05) is 24.0 Å². The van der Waals surface area contributed by atoms with Gasteiger partial charge in [0.2, 0.25) is 0 Å². The van der Waals surface area contributed by atoms with Gasteiger partial charge in [0, 0.05) is 6.54 Å². The molecule has 0 amide bonds. The number of hydrogen-bond acceptors (Lipinski definition) is 3. The van der Waals surface area contributed by atoms with Gasteiger partial charge in [0.1, 0.15) is 18.4 Å². The van der Waals surface area contributed by atoms with Crippen molar-refractivity contribution in [3.63, 3.8) is 0 Å². The monoisotopic (exact) mass is 277 g/mol. The third-order valence-corrected chi connectivity index (χ3v) is 4.09. The summed E-state index contributed by atoms with van der Waals surface area (Å²) in [5, 5.41) is 9.22. The van der Waals surface area contributed by atoms with Crippen molar-refractivity contribution in [2.24, 2.45) is 0 Å². The van der Waals surface area contributed by atoms with Crippen LogP contribution in [0.3, 0.4) is 0 Å². The van der Waals surface area contributed by atoms with E-state index >= 15 is 0 Å². The van der Waals surface area contributed by atoms with Crippen molar-refractivity contribution in [1.29, 1.82) is 0 Å². The maximum absolute atomic E-state index is 11.2. The molecule has 20 heavy (non-hydrogen) atoms. The first kappa shape index (κ1) is 14.9. The molecule has 1 heterocycles. The second kappa shape index (κ2) is 6.75. The zero-order valence-corrected chi connectivity index (χ0v) is 12.3. The Balaban J connectivity index is 1.88. The van der Waals surface area contributed by atoms with Crippen molar-refractivity contribution in [1.82, 2.24) is 4.90 Å². The molecule has 0 saturated carbocycles. The second-order valence-corrected chi connectivity index (χ2v) is 5.43. The van der Waals surface area contributed by atoms with Gasteiger partial charge in [-0.15, -0.1) is 0 Å². The minimum atomic E-state index is -0.712. The number of likely N-dealkylation sites (tertiary alicyclic amines) is 1. The van der Waals surface area contributed by atoms with Crippen LogP contribution in [0.25, 0.3) is 0 Å². The van der Waals surface area contributed by atoms with Gasteiger partial charge in [-0.05, 0) is 50.4 Å². The van der Waals surface area contributed by atoms with Gasteiger partial charge in [0.15, 0.2) is 0 Å². The van der Waals surface area contributed by atoms with Crippen LogP contribution in [0.2, 0.25) is 0 Å². The number of piperidine rings is 1. The largest absolute Gasteiger partial charge is 0.492 e. The fraction of sp³-hybridized carbons (Fsp3) is 0.562. The van der Waals surface area contributed by atoms with Crippen LogP contribution in [0.4, 0.5) is 0 Å². The molecule has 2 rings (SSSR count). The number of carboxylic acids is 1. The number of nitrogens with zero attached hydrogens (tertiary/aromatic N) is 1. The lowest BCUT2D eigenvalue weighted by Crippen LogP contribution is -2.46. The maximum atomic E-state index is 11.2. The SMILES string of the molecule is Cc1cccc(OCCN2CCCCC2C(=O)O)c1C. The fourth-order valence-corrected chi connectivity index (χ4v) is 2.69. The molecule has 1 unspecified atom stereocenters. The van der Waals surface area contributed by atoms with Gasteiger partial charge in [-0.1, -0.05) is 18.6 Å². The summed E-state index contributed by atoms with van der Waals surface area (Å²) in [5.41, 5.74) is 2.37. The quantitative estimate of drug-likeness (QED) is 0.899. The van der Waals surface area contributed by atoms with E-state index in [1.54, 1.807) is 0 Å². The Hall–Kier alpha value is -1.55. The average molecular weight is 277 g/mol. The summed E-state index contributed by atoms with van der Waals surface area (Å²) in [6, 6.07) is 5.67. The number of aryl methyl sites for hydroxylation is 1. The van der Waals surface area contributed by atoms with Gasteiger partial charge in [-0.3, -0.25) is 9.69 Å². The van der Waals surface area contributed by atoms with E-state index in [-0.39, 0.29) is 6.04 Å². The molecule has 1 N–H and O–H groups in total. The Labute approximate surface area is 120 Å². The van der Waals surface area contributed by atoms with Crippen LogP contribution in [0.15, 0.2) is 18.2 Å². The molecular weight excluding hydrogens is 254 g/mol. The van der Waals surface area contributed by atoms with E-state index in [2.05, 4.69) is 13.0 Å². The molecule has 110 valence electrons. The topological polar surface area (TPSA) is 49.8 Å². The first-order valence-corrected chi connectivity index (χ1v) is 7.25. The smallest absolute Gasteiger partial charge is 0.320 e. The minimum Gasteiger partial charge on any atom is -0.492 e. The van der Waals surface area contributed by atoms with Crippen LogP contribution in [0, 0.1) is 13.8 Å². The lowest BCUT2D eigenvalue weighted by atomic mass is 10.0. The first-order chi connectivity index (χ1) is 9.59. The molecular formula is C16H23NO3. The number of carbonyl (C=O) groups is 1. The summed E-state index contributed by atoms with van der Waals surface area (Å²) in [6.45, 7) is 6.17. The van der Waals surface area contributed by atoms with E-state index < -0.39 is 5.97 Å². The van der Waals surface area contributed by atoms with E-state index in [0.717, 1.165) is 37.1 Å². The minimum absolute atomic E-state index is 0.342. The van der Waals surface area contributed by atoms with Gasteiger partial charge in [-0.25, -0.2) is 0 Å². The normalized spacial score (nSPS) is 19.8. The zero-order valence-electron chi connectivity index (χ0n) is 12.3. The highest BCUT2D eigenvalue weighted by molar-refractivity contribution is 5.73. The van der Waals surface area contributed by atoms with Gasteiger partial charge >= 0.3 is 5.97 Å². The van der Waals surface area contributed by atoms with E-state index in [9.17, 15) is 9.90 Å². The predicted octanol–water partition coefficient (Wildman–Crippen LogP) is 2.62. The number of rotatable bonds is 5. The summed E-state index contributed by atoms with van der Waals surface area (Å²) in [7, 11) is 0. The highest BCUT2D eigenvalue weighted by Gasteiger charge is 2.27. The molecule has 0 aromatic heterocycles. The van der Waals surface area contributed by atoms with Gasteiger partial charge in [0.25, 0.3) is 0 Å². The molecule has 0 radical (unpaired) electrons. The van der Waals surface area contributed by atoms with Crippen LogP contribution in [0.1, 0.15) is 30.4 Å². The van der Waals surface area contributed by atoms with E-state index in [0.29, 0.717) is 13.2 Å². The third-order valence-electron chi connectivity index (χ3n) is 4.09. The second-order valence-electron chi connectivity index (χ2n) is 5.43. The molecule has 1 atom stereocenters. The van der Waals surface area contributed by atoms with Crippen molar-refractivity contribution >= 4 is 5.97 Å². The summed E-state index contributed by atoms with van der Waals surface area (Å²) in [4.78, 5) is 13.2. The molecule has 1 fully saturated rings. The molecule has 1 aromatic carbocycles. The van der Waals surface area contributed by atoms with E-state index in [1.165, 1.54) is 5.56 Å². The number of benzene rings is 1. The Morgan fingerprint density at radius 1 is 1.40 bits per heavy atom. The standard InChI is InChI=1S/C16H23NO3/c1-12-6-5-8-15(13(12)2)20-11-10-17-9-4-3-7-14(17)16(18)19/h5-6,8,14H,3-4,7,9-11H2,1-2H3,(H,18,19). The Kier molecular flexibility index (Phi) is 5.01. The molecule has 1 aromatic rings. The molecule has 0 spiro atoms. The number of aliphatic carboxylic acids is 1. The lowest BCUT2D eigenvalue weighted by Gasteiger charge is -2.32. The van der Waals surface area contributed by atoms with Gasteiger partial charge < -0.3 is 9.84 Å². The summed E-state index contributed by atoms with van der Waals surface area (Å²) in [6.07, 6.45) is 2.83. The van der Waals surface area contributed by atoms with Crippen molar-refractivity contribution in [2.75, 3.05) is 19.7 Å². The highest BCUT2D eigenvalue weighted by atomic mass is 16.5. The number of ether oxygens (including phenoxy) is 1. The number of carboxylic acid groups (broad SMARTS) is 1. The number of hydrogen-bond donors (Lipinski definition) is 1. The van der Waals surface area contributed by atoms with Crippen molar-refractivity contribution in [2.45, 2.75) is 39.2 Å². The highest BCUT2D eigenvalue weighted by Crippen LogP contribution is 2.21. The van der Waals surface area contributed by atoms with Crippen LogP contribution in [-0.4, -0.2) is 41.7 Å². The zero-order chi connectivity index (χ0) is 14.5. The summed E-state index contributed by atoms with van der Waals surface area (Å²) in [5.74, 6) is 0.185. The maximum Gasteiger partial charge on any atom is 0.320 e. The fourth-order valence-electron chi connectivity index (χ4n) is 2.69. The van der Waals surface area contributed by atoms with Gasteiger partial charge in [-0.2, -0.15) is 0 Å². The van der Waals surface area contributed by atoms with Crippen molar-refractivity contribution in [3.05, 3.63) is 29.3 Å². The Bertz CT molecular complexity index is 473. The van der Waals surface area contributed by atoms with E-state index in [4.69, 9.17) is 4.74 Å². The average Bonchev–Trinajstić information content (AvgIpc) is 2.44. The summed E-state index contributed by atoms with van der Waals surface area (Å²) >= 11 is 0. The third kappa shape index (κ3) is 3.51. The molecule has 0 bridgehead atoms. The van der Waals surface area contributed by atoms with Crippen molar-refractivity contribution < 1.29 is 14.6 Å².